The summed E-state index contributed by atoms with van der Waals surface area (Å²) in [5.41, 5.74) is 3.15. The zero-order chi connectivity index (χ0) is 30.4. The number of benzene rings is 2. The van der Waals surface area contributed by atoms with Gasteiger partial charge in [0.15, 0.2) is 11.6 Å². The summed E-state index contributed by atoms with van der Waals surface area (Å²) in [5, 5.41) is 25.0. The van der Waals surface area contributed by atoms with Crippen molar-refractivity contribution in [1.82, 2.24) is 24.9 Å². The summed E-state index contributed by atoms with van der Waals surface area (Å²) < 4.78 is 15.2. The van der Waals surface area contributed by atoms with Gasteiger partial charge < -0.3 is 15.5 Å². The predicted octanol–water partition coefficient (Wildman–Crippen LogP) is 6.88. The molecule has 1 atom stereocenters. The number of aromatic nitrogens is 5. The van der Waals surface area contributed by atoms with E-state index in [2.05, 4.69) is 30.2 Å². The third-order valence-electron chi connectivity index (χ3n) is 6.98. The minimum absolute atomic E-state index is 0.303. The molecule has 8 nitrogen and oxygen atoms in total. The lowest BCUT2D eigenvalue weighted by atomic mass is 10.00. The van der Waals surface area contributed by atoms with Crippen LogP contribution in [0.15, 0.2) is 61.2 Å². The van der Waals surface area contributed by atoms with E-state index in [4.69, 9.17) is 11.6 Å². The van der Waals surface area contributed by atoms with Gasteiger partial charge in [-0.1, -0.05) is 23.7 Å². The zero-order valence-corrected chi connectivity index (χ0v) is 25.0. The molecule has 10 heteroatoms. The van der Waals surface area contributed by atoms with Crippen LogP contribution in [0, 0.1) is 12.7 Å². The third-order valence-corrected chi connectivity index (χ3v) is 7.44. The van der Waals surface area contributed by atoms with Crippen molar-refractivity contribution in [3.8, 4) is 22.3 Å². The molecule has 0 saturated carbocycles. The number of anilines is 1. The van der Waals surface area contributed by atoms with Crippen LogP contribution in [-0.4, -0.2) is 35.1 Å². The molecule has 3 aromatic heterocycles. The highest BCUT2D eigenvalue weighted by atomic mass is 35.5. The Morgan fingerprint density at radius 3 is 1.81 bits per heavy atom. The number of pyridine rings is 1. The smallest absolute Gasteiger partial charge is 0.159 e. The van der Waals surface area contributed by atoms with Crippen molar-refractivity contribution in [1.29, 1.82) is 0 Å². The Hall–Kier alpha value is -4.05. The second kappa shape index (κ2) is 11.0. The summed E-state index contributed by atoms with van der Waals surface area (Å²) in [4.78, 5) is 21.9. The van der Waals surface area contributed by atoms with Crippen molar-refractivity contribution in [3.05, 3.63) is 94.9 Å². The van der Waals surface area contributed by atoms with E-state index in [-0.39, 0.29) is 5.82 Å². The van der Waals surface area contributed by atoms with E-state index in [0.717, 1.165) is 27.6 Å². The van der Waals surface area contributed by atoms with E-state index < -0.39 is 17.2 Å². The Morgan fingerprint density at radius 1 is 0.786 bits per heavy atom. The topological polar surface area (TPSA) is 117 Å². The molecular formula is C32H32ClFN6O2. The number of nitrogens with one attached hydrogen (secondary N) is 1. The van der Waals surface area contributed by atoms with Gasteiger partial charge in [-0.3, -0.25) is 4.98 Å². The first kappa shape index (κ1) is 29.4. The van der Waals surface area contributed by atoms with Crippen LogP contribution in [0.3, 0.4) is 0 Å². The van der Waals surface area contributed by atoms with Crippen LogP contribution in [0.2, 0.25) is 5.02 Å². The van der Waals surface area contributed by atoms with Gasteiger partial charge in [0.1, 0.15) is 17.0 Å². The maximum absolute atomic E-state index is 15.2. The molecule has 2 aromatic carbocycles. The summed E-state index contributed by atoms with van der Waals surface area (Å²) >= 11 is 6.78. The molecular weight excluding hydrogens is 555 g/mol. The number of hydrogen-bond donors (Lipinski definition) is 3. The Morgan fingerprint density at radius 2 is 1.29 bits per heavy atom. The second-order valence-corrected chi connectivity index (χ2v) is 11.8. The lowest BCUT2D eigenvalue weighted by Crippen LogP contribution is -2.19. The SMILES string of the molecule is Cc1nc2ccc(-c3cnc(C(C)(C)O)nc3)cc2c(N[C@H](C)c2cc(-c3cnc(C(C)(C)O)nc3)ccc2F)c1Cl. The van der Waals surface area contributed by atoms with Gasteiger partial charge in [0, 0.05) is 46.9 Å². The van der Waals surface area contributed by atoms with Gasteiger partial charge in [0.25, 0.3) is 0 Å². The predicted molar refractivity (Wildman–Crippen MR) is 162 cm³/mol. The highest BCUT2D eigenvalue weighted by Crippen LogP contribution is 2.38. The van der Waals surface area contributed by atoms with Crippen molar-refractivity contribution < 1.29 is 14.6 Å². The van der Waals surface area contributed by atoms with Crippen molar-refractivity contribution in [2.75, 3.05) is 5.32 Å². The highest BCUT2D eigenvalue weighted by molar-refractivity contribution is 6.35. The average Bonchev–Trinajstić information content (AvgIpc) is 2.94. The van der Waals surface area contributed by atoms with Gasteiger partial charge in [-0.2, -0.15) is 0 Å². The van der Waals surface area contributed by atoms with E-state index in [1.165, 1.54) is 6.07 Å². The third kappa shape index (κ3) is 5.94. The molecule has 5 aromatic rings. The quantitative estimate of drug-likeness (QED) is 0.189. The minimum atomic E-state index is -1.16. The standard InChI is InChI=1S/C32H32ClFN6O2/c1-17(23-11-19(7-9-25(23)34)21-13-35-29(36-14-21)31(3,4)41)40-28-24-12-20(8-10-26(24)39-18(2)27(28)33)22-15-37-30(38-16-22)32(5,6)42/h7-17,41-42H,1-6H3,(H,39,40)/t17-/m1/s1. The van der Waals surface area contributed by atoms with Crippen LogP contribution in [0.25, 0.3) is 33.2 Å². The molecule has 0 aliphatic carbocycles. The summed E-state index contributed by atoms with van der Waals surface area (Å²) in [7, 11) is 0. The molecule has 0 fully saturated rings. The molecule has 3 heterocycles. The largest absolute Gasteiger partial charge is 0.382 e. The molecule has 0 aliphatic heterocycles. The van der Waals surface area contributed by atoms with Crippen LogP contribution in [-0.2, 0) is 11.2 Å². The van der Waals surface area contributed by atoms with Crippen molar-refractivity contribution in [2.24, 2.45) is 0 Å². The normalized spacial score (nSPS) is 12.9. The highest BCUT2D eigenvalue weighted by Gasteiger charge is 2.22. The number of nitrogens with zero attached hydrogens (tertiary/aromatic N) is 5. The van der Waals surface area contributed by atoms with E-state index in [1.807, 2.05) is 32.0 Å². The Bertz CT molecular complexity index is 1760. The number of rotatable bonds is 7. The number of aliphatic hydroxyl groups is 2. The van der Waals surface area contributed by atoms with Crippen molar-refractivity contribution >= 4 is 28.2 Å². The number of halogens is 2. The van der Waals surface area contributed by atoms with Crippen LogP contribution in [0.1, 0.15) is 63.6 Å². The molecule has 42 heavy (non-hydrogen) atoms. The molecule has 0 bridgehead atoms. The summed E-state index contributed by atoms with van der Waals surface area (Å²) in [6.45, 7) is 10.2. The molecule has 0 amide bonds. The van der Waals surface area contributed by atoms with Crippen molar-refractivity contribution in [3.63, 3.8) is 0 Å². The lowest BCUT2D eigenvalue weighted by Gasteiger charge is -2.21. The second-order valence-electron chi connectivity index (χ2n) is 11.4. The number of hydrogen-bond acceptors (Lipinski definition) is 8. The summed E-state index contributed by atoms with van der Waals surface area (Å²) in [6, 6.07) is 10.1. The van der Waals surface area contributed by atoms with Gasteiger partial charge in [-0.25, -0.2) is 24.3 Å². The van der Waals surface area contributed by atoms with Gasteiger partial charge in [-0.05, 0) is 76.9 Å². The summed E-state index contributed by atoms with van der Waals surface area (Å²) in [6.07, 6.45) is 6.56. The first-order valence-corrected chi connectivity index (χ1v) is 13.9. The van der Waals surface area contributed by atoms with Crippen LogP contribution < -0.4 is 5.32 Å². The number of fused-ring (bicyclic) bond motifs is 1. The minimum Gasteiger partial charge on any atom is -0.382 e. The number of aryl methyl sites for hydroxylation is 1. The zero-order valence-electron chi connectivity index (χ0n) is 24.2. The fourth-order valence-corrected chi connectivity index (χ4v) is 4.82. The molecule has 0 aliphatic rings. The maximum atomic E-state index is 15.2. The monoisotopic (exact) mass is 586 g/mol. The molecule has 0 saturated heterocycles. The van der Waals surface area contributed by atoms with E-state index in [1.54, 1.807) is 64.6 Å². The lowest BCUT2D eigenvalue weighted by molar-refractivity contribution is 0.0682. The first-order chi connectivity index (χ1) is 19.7. The fourth-order valence-electron chi connectivity index (χ4n) is 4.62. The first-order valence-electron chi connectivity index (χ1n) is 13.5. The molecule has 3 N–H and O–H groups in total. The van der Waals surface area contributed by atoms with E-state index in [0.29, 0.717) is 39.2 Å². The summed E-state index contributed by atoms with van der Waals surface area (Å²) in [5.74, 6) is 0.258. The Kier molecular flexibility index (Phi) is 7.70. The molecule has 216 valence electrons. The van der Waals surface area contributed by atoms with Crippen LogP contribution in [0.5, 0.6) is 0 Å². The maximum Gasteiger partial charge on any atom is 0.159 e. The molecule has 5 rings (SSSR count). The van der Waals surface area contributed by atoms with Gasteiger partial charge in [0.2, 0.25) is 0 Å². The van der Waals surface area contributed by atoms with E-state index in [9.17, 15) is 10.2 Å². The average molecular weight is 587 g/mol. The van der Waals surface area contributed by atoms with Gasteiger partial charge in [-0.15, -0.1) is 0 Å². The Balaban J connectivity index is 1.51. The molecule has 0 unspecified atom stereocenters. The van der Waals surface area contributed by atoms with Gasteiger partial charge >= 0.3 is 0 Å². The van der Waals surface area contributed by atoms with E-state index >= 15 is 4.39 Å². The molecule has 0 radical (unpaired) electrons. The molecule has 0 spiro atoms. The fraction of sp³-hybridized carbons (Fsp3) is 0.281. The van der Waals surface area contributed by atoms with Crippen LogP contribution in [0.4, 0.5) is 10.1 Å². The van der Waals surface area contributed by atoms with Crippen molar-refractivity contribution in [2.45, 2.75) is 58.8 Å². The van der Waals surface area contributed by atoms with Crippen LogP contribution >= 0.6 is 11.6 Å². The van der Waals surface area contributed by atoms with Gasteiger partial charge in [0.05, 0.1) is 28.0 Å². The Labute approximate surface area is 248 Å².